The zero-order valence-electron chi connectivity index (χ0n) is 21.3. The lowest BCUT2D eigenvalue weighted by Gasteiger charge is -2.34. The second kappa shape index (κ2) is 10.9. The molecule has 0 aliphatic carbocycles. The van der Waals surface area contributed by atoms with E-state index in [4.69, 9.17) is 9.72 Å². The summed E-state index contributed by atoms with van der Waals surface area (Å²) in [7, 11) is 0. The maximum absolute atomic E-state index is 12.6. The van der Waals surface area contributed by atoms with E-state index < -0.39 is 0 Å². The van der Waals surface area contributed by atoms with Gasteiger partial charge in [-0.25, -0.2) is 9.78 Å². The highest BCUT2D eigenvalue weighted by Crippen LogP contribution is 2.33. The van der Waals surface area contributed by atoms with Crippen LogP contribution < -0.4 is 5.43 Å². The standard InChI is InChI=1S/C28H30BrN5O4/c1-18-19(2)27(36)34(26(18)35)31-25-14-21(23-9-8-22(29)15-24(23)30-25)16-32-10-12-33(13-11-32)28(37)38-17-20-6-4-3-5-7-20/h3-9,14-15,35-36H,10-13,16-17H2,1-2H3,(H,30,31). The van der Waals surface area contributed by atoms with Crippen LogP contribution in [-0.2, 0) is 17.9 Å². The van der Waals surface area contributed by atoms with Gasteiger partial charge in [-0.1, -0.05) is 52.3 Å². The number of hydrogen-bond donors (Lipinski definition) is 3. The summed E-state index contributed by atoms with van der Waals surface area (Å²) in [4.78, 5) is 21.3. The Kier molecular flexibility index (Phi) is 7.44. The number of benzene rings is 2. The molecule has 2 aromatic carbocycles. The van der Waals surface area contributed by atoms with E-state index >= 15 is 0 Å². The number of pyridine rings is 1. The average Bonchev–Trinajstić information content (AvgIpc) is 3.10. The predicted octanol–water partition coefficient (Wildman–Crippen LogP) is 5.16. The van der Waals surface area contributed by atoms with Crippen molar-refractivity contribution < 1.29 is 19.7 Å². The van der Waals surface area contributed by atoms with Crippen LogP contribution in [0.15, 0.2) is 59.1 Å². The number of amides is 1. The Bertz CT molecular complexity index is 1440. The molecule has 0 radical (unpaired) electrons. The van der Waals surface area contributed by atoms with Gasteiger partial charge in [0.05, 0.1) is 5.52 Å². The molecule has 1 aliphatic rings. The first-order chi connectivity index (χ1) is 18.3. The third-order valence-corrected chi connectivity index (χ3v) is 7.46. The van der Waals surface area contributed by atoms with E-state index in [-0.39, 0.29) is 24.5 Å². The molecule has 10 heteroatoms. The van der Waals surface area contributed by atoms with E-state index in [1.807, 2.05) is 54.6 Å². The molecule has 5 rings (SSSR count). The molecule has 2 aromatic heterocycles. The van der Waals surface area contributed by atoms with E-state index in [1.165, 1.54) is 4.68 Å². The first-order valence-corrected chi connectivity index (χ1v) is 13.2. The van der Waals surface area contributed by atoms with Crippen molar-refractivity contribution in [3.63, 3.8) is 0 Å². The predicted molar refractivity (Wildman–Crippen MR) is 149 cm³/mol. The maximum Gasteiger partial charge on any atom is 0.410 e. The van der Waals surface area contributed by atoms with Crippen molar-refractivity contribution in [2.75, 3.05) is 31.6 Å². The molecule has 3 heterocycles. The Morgan fingerprint density at radius 1 is 1.00 bits per heavy atom. The van der Waals surface area contributed by atoms with Gasteiger partial charge in [-0.2, -0.15) is 4.68 Å². The summed E-state index contributed by atoms with van der Waals surface area (Å²) in [5, 5.41) is 22.0. The number of rotatable bonds is 6. The minimum absolute atomic E-state index is 0.0621. The van der Waals surface area contributed by atoms with E-state index in [2.05, 4.69) is 26.3 Å². The number of piperazine rings is 1. The second-order valence-corrected chi connectivity index (χ2v) is 10.4. The molecule has 3 N–H and O–H groups in total. The number of nitrogens with zero attached hydrogens (tertiary/aromatic N) is 4. The van der Waals surface area contributed by atoms with Gasteiger partial charge >= 0.3 is 6.09 Å². The molecular formula is C28H30BrN5O4. The van der Waals surface area contributed by atoms with Crippen molar-refractivity contribution in [1.82, 2.24) is 19.5 Å². The molecule has 9 nitrogen and oxygen atoms in total. The Hall–Kier alpha value is -3.76. The summed E-state index contributed by atoms with van der Waals surface area (Å²) in [5.74, 6) is 0.371. The van der Waals surface area contributed by atoms with Gasteiger partial charge in [-0.15, -0.1) is 0 Å². The number of aromatic nitrogens is 2. The smallest absolute Gasteiger partial charge is 0.410 e. The monoisotopic (exact) mass is 579 g/mol. The highest BCUT2D eigenvalue weighted by atomic mass is 79.9. The van der Waals surface area contributed by atoms with Gasteiger partial charge < -0.3 is 19.8 Å². The second-order valence-electron chi connectivity index (χ2n) is 9.48. The average molecular weight is 580 g/mol. The van der Waals surface area contributed by atoms with E-state index in [0.29, 0.717) is 49.7 Å². The van der Waals surface area contributed by atoms with Crippen LogP contribution in [0.1, 0.15) is 22.3 Å². The van der Waals surface area contributed by atoms with Crippen molar-refractivity contribution in [2.45, 2.75) is 27.0 Å². The van der Waals surface area contributed by atoms with Crippen LogP contribution >= 0.6 is 15.9 Å². The lowest BCUT2D eigenvalue weighted by Crippen LogP contribution is -2.48. The number of hydrogen-bond acceptors (Lipinski definition) is 7. The van der Waals surface area contributed by atoms with Crippen molar-refractivity contribution in [3.05, 3.63) is 81.3 Å². The largest absolute Gasteiger partial charge is 0.493 e. The number of carbonyl (C=O) groups is 1. The molecule has 198 valence electrons. The molecule has 1 fully saturated rings. The number of anilines is 1. The number of carbonyl (C=O) groups excluding carboxylic acids is 1. The molecular weight excluding hydrogens is 550 g/mol. The summed E-state index contributed by atoms with van der Waals surface area (Å²) in [6.45, 7) is 6.99. The maximum atomic E-state index is 12.6. The number of halogens is 1. The SMILES string of the molecule is Cc1c(C)c(O)n(Nc2cc(CN3CCN(C(=O)OCc4ccccc4)CC3)c3ccc(Br)cc3n2)c1O. The van der Waals surface area contributed by atoms with Gasteiger partial charge in [0, 0.05) is 53.7 Å². The zero-order chi connectivity index (χ0) is 26.8. The normalized spacial score (nSPS) is 14.1. The summed E-state index contributed by atoms with van der Waals surface area (Å²) in [5.41, 5.74) is 7.03. The van der Waals surface area contributed by atoms with Crippen LogP contribution in [0.2, 0.25) is 0 Å². The third-order valence-electron chi connectivity index (χ3n) is 6.97. The molecule has 0 saturated carbocycles. The van der Waals surface area contributed by atoms with Gasteiger partial charge in [0.1, 0.15) is 12.4 Å². The number of ether oxygens (including phenoxy) is 1. The molecule has 38 heavy (non-hydrogen) atoms. The molecule has 0 unspecified atom stereocenters. The van der Waals surface area contributed by atoms with Crippen LogP contribution in [0.4, 0.5) is 10.6 Å². The first kappa shape index (κ1) is 25.9. The Morgan fingerprint density at radius 3 is 2.37 bits per heavy atom. The molecule has 4 aromatic rings. The van der Waals surface area contributed by atoms with Crippen molar-refractivity contribution in [3.8, 4) is 11.8 Å². The molecule has 0 bridgehead atoms. The lowest BCUT2D eigenvalue weighted by atomic mass is 10.1. The van der Waals surface area contributed by atoms with Gasteiger partial charge in [0.15, 0.2) is 0 Å². The highest BCUT2D eigenvalue weighted by molar-refractivity contribution is 9.10. The molecule has 0 spiro atoms. The number of fused-ring (bicyclic) bond motifs is 1. The zero-order valence-corrected chi connectivity index (χ0v) is 22.9. The van der Waals surface area contributed by atoms with Crippen LogP contribution in [0, 0.1) is 13.8 Å². The van der Waals surface area contributed by atoms with E-state index in [0.717, 1.165) is 26.5 Å². The van der Waals surface area contributed by atoms with Crippen molar-refractivity contribution >= 4 is 38.7 Å². The molecule has 1 amide bonds. The molecule has 1 aliphatic heterocycles. The fraction of sp³-hybridized carbons (Fsp3) is 0.286. The van der Waals surface area contributed by atoms with Crippen LogP contribution in [0.25, 0.3) is 10.9 Å². The molecule has 1 saturated heterocycles. The molecule has 0 atom stereocenters. The Morgan fingerprint density at radius 2 is 1.68 bits per heavy atom. The minimum atomic E-state index is -0.295. The quantitative estimate of drug-likeness (QED) is 0.290. The van der Waals surface area contributed by atoms with Crippen LogP contribution in [0.3, 0.4) is 0 Å². The first-order valence-electron chi connectivity index (χ1n) is 12.4. The summed E-state index contributed by atoms with van der Waals surface area (Å²) in [6, 6.07) is 17.5. The summed E-state index contributed by atoms with van der Waals surface area (Å²) < 4.78 is 7.64. The van der Waals surface area contributed by atoms with Gasteiger partial charge in [-0.3, -0.25) is 10.3 Å². The number of aromatic hydroxyl groups is 2. The highest BCUT2D eigenvalue weighted by Gasteiger charge is 2.23. The summed E-state index contributed by atoms with van der Waals surface area (Å²) >= 11 is 3.53. The Labute approximate surface area is 229 Å². The van der Waals surface area contributed by atoms with Crippen LogP contribution in [0.5, 0.6) is 11.8 Å². The fourth-order valence-electron chi connectivity index (χ4n) is 4.59. The van der Waals surface area contributed by atoms with Gasteiger partial charge in [0.25, 0.3) is 0 Å². The topological polar surface area (TPSA) is 103 Å². The Balaban J connectivity index is 1.29. The summed E-state index contributed by atoms with van der Waals surface area (Å²) in [6.07, 6.45) is -0.295. The third kappa shape index (κ3) is 5.41. The minimum Gasteiger partial charge on any atom is -0.493 e. The van der Waals surface area contributed by atoms with Gasteiger partial charge in [0.2, 0.25) is 11.8 Å². The van der Waals surface area contributed by atoms with E-state index in [9.17, 15) is 15.0 Å². The van der Waals surface area contributed by atoms with Crippen LogP contribution in [-0.4, -0.2) is 61.9 Å². The fourth-order valence-corrected chi connectivity index (χ4v) is 4.94. The van der Waals surface area contributed by atoms with Crippen molar-refractivity contribution in [2.24, 2.45) is 0 Å². The van der Waals surface area contributed by atoms with Crippen molar-refractivity contribution in [1.29, 1.82) is 0 Å². The lowest BCUT2D eigenvalue weighted by molar-refractivity contribution is 0.0701. The number of nitrogens with one attached hydrogen (secondary N) is 1. The van der Waals surface area contributed by atoms with E-state index in [1.54, 1.807) is 18.7 Å². The van der Waals surface area contributed by atoms with Gasteiger partial charge in [-0.05, 0) is 43.2 Å².